The SMILES string of the molecule is CCN(C)CCNc1ncnc(OC(C)C)c1N. The van der Waals surface area contributed by atoms with E-state index in [1.165, 1.54) is 6.33 Å². The summed E-state index contributed by atoms with van der Waals surface area (Å²) in [5.74, 6) is 1.07. The molecule has 1 heterocycles. The van der Waals surface area contributed by atoms with Gasteiger partial charge in [-0.25, -0.2) is 4.98 Å². The van der Waals surface area contributed by atoms with Crippen LogP contribution in [0.5, 0.6) is 5.88 Å². The largest absolute Gasteiger partial charge is 0.473 e. The van der Waals surface area contributed by atoms with Gasteiger partial charge in [0.2, 0.25) is 5.88 Å². The van der Waals surface area contributed by atoms with Gasteiger partial charge in [-0.2, -0.15) is 4.98 Å². The maximum absolute atomic E-state index is 5.95. The summed E-state index contributed by atoms with van der Waals surface area (Å²) in [6.07, 6.45) is 1.50. The van der Waals surface area contributed by atoms with Gasteiger partial charge in [-0.05, 0) is 27.4 Å². The van der Waals surface area contributed by atoms with Crippen molar-refractivity contribution >= 4 is 11.5 Å². The Bertz CT molecular complexity index is 369. The highest BCUT2D eigenvalue weighted by Gasteiger charge is 2.10. The maximum atomic E-state index is 5.95. The zero-order chi connectivity index (χ0) is 13.5. The third-order valence-electron chi connectivity index (χ3n) is 2.52. The Kier molecular flexibility index (Phi) is 5.64. The molecule has 6 nitrogen and oxygen atoms in total. The highest BCUT2D eigenvalue weighted by atomic mass is 16.5. The normalized spacial score (nSPS) is 11.0. The van der Waals surface area contributed by atoms with Crippen molar-refractivity contribution in [1.29, 1.82) is 0 Å². The minimum Gasteiger partial charge on any atom is -0.473 e. The van der Waals surface area contributed by atoms with Gasteiger partial charge in [0, 0.05) is 13.1 Å². The summed E-state index contributed by atoms with van der Waals surface area (Å²) < 4.78 is 5.51. The van der Waals surface area contributed by atoms with Gasteiger partial charge < -0.3 is 20.7 Å². The van der Waals surface area contributed by atoms with Crippen LogP contribution in [0.4, 0.5) is 11.5 Å². The van der Waals surface area contributed by atoms with Gasteiger partial charge >= 0.3 is 0 Å². The van der Waals surface area contributed by atoms with Gasteiger partial charge in [0.15, 0.2) is 5.82 Å². The monoisotopic (exact) mass is 253 g/mol. The van der Waals surface area contributed by atoms with Crippen molar-refractivity contribution < 1.29 is 4.74 Å². The molecule has 0 amide bonds. The van der Waals surface area contributed by atoms with Gasteiger partial charge in [-0.1, -0.05) is 6.92 Å². The van der Waals surface area contributed by atoms with Crippen LogP contribution in [-0.4, -0.2) is 47.7 Å². The van der Waals surface area contributed by atoms with E-state index in [4.69, 9.17) is 10.5 Å². The van der Waals surface area contributed by atoms with E-state index in [9.17, 15) is 0 Å². The van der Waals surface area contributed by atoms with Crippen LogP contribution in [0, 0.1) is 0 Å². The van der Waals surface area contributed by atoms with E-state index in [-0.39, 0.29) is 6.10 Å². The van der Waals surface area contributed by atoms with Crippen molar-refractivity contribution in [3.63, 3.8) is 0 Å². The number of likely N-dealkylation sites (N-methyl/N-ethyl adjacent to an activating group) is 1. The fourth-order valence-electron chi connectivity index (χ4n) is 1.36. The molecule has 0 aliphatic carbocycles. The number of hydrogen-bond acceptors (Lipinski definition) is 6. The molecule has 0 bridgehead atoms. The molecule has 0 spiro atoms. The average Bonchev–Trinajstić information content (AvgIpc) is 2.33. The first-order valence-electron chi connectivity index (χ1n) is 6.24. The maximum Gasteiger partial charge on any atom is 0.242 e. The number of nitrogens with zero attached hydrogens (tertiary/aromatic N) is 3. The van der Waals surface area contributed by atoms with Crippen molar-refractivity contribution in [1.82, 2.24) is 14.9 Å². The lowest BCUT2D eigenvalue weighted by atomic mass is 10.4. The van der Waals surface area contributed by atoms with Gasteiger partial charge in [-0.15, -0.1) is 0 Å². The molecular formula is C12H23N5O. The standard InChI is InChI=1S/C12H23N5O/c1-5-17(4)7-6-14-11-10(13)12(16-8-15-11)18-9(2)3/h8-9H,5-7,13H2,1-4H3,(H,14,15,16). The molecule has 0 aliphatic heterocycles. The van der Waals surface area contributed by atoms with Crippen LogP contribution in [0.3, 0.4) is 0 Å². The first kappa shape index (κ1) is 14.5. The van der Waals surface area contributed by atoms with Crippen LogP contribution in [-0.2, 0) is 0 Å². The summed E-state index contributed by atoms with van der Waals surface area (Å²) in [6.45, 7) is 8.72. The summed E-state index contributed by atoms with van der Waals surface area (Å²) in [6, 6.07) is 0. The number of ether oxygens (including phenoxy) is 1. The van der Waals surface area contributed by atoms with Crippen molar-refractivity contribution in [2.24, 2.45) is 0 Å². The molecule has 102 valence electrons. The molecule has 0 aromatic carbocycles. The second-order valence-electron chi connectivity index (χ2n) is 4.43. The molecule has 3 N–H and O–H groups in total. The van der Waals surface area contributed by atoms with Gasteiger partial charge in [-0.3, -0.25) is 0 Å². The molecule has 1 aromatic rings. The Labute approximate surface area is 109 Å². The molecule has 6 heteroatoms. The smallest absolute Gasteiger partial charge is 0.242 e. The quantitative estimate of drug-likeness (QED) is 0.760. The second kappa shape index (κ2) is 7.00. The van der Waals surface area contributed by atoms with Crippen molar-refractivity contribution in [2.75, 3.05) is 37.7 Å². The number of anilines is 2. The Hall–Kier alpha value is -1.56. The predicted octanol–water partition coefficient (Wildman–Crippen LogP) is 1.21. The van der Waals surface area contributed by atoms with E-state index in [0.29, 0.717) is 17.4 Å². The van der Waals surface area contributed by atoms with Gasteiger partial charge in [0.1, 0.15) is 12.0 Å². The molecule has 0 radical (unpaired) electrons. The highest BCUT2D eigenvalue weighted by molar-refractivity contribution is 5.66. The summed E-state index contributed by atoms with van der Waals surface area (Å²) in [5, 5.41) is 3.19. The van der Waals surface area contributed by atoms with Gasteiger partial charge in [0.05, 0.1) is 6.10 Å². The van der Waals surface area contributed by atoms with Crippen LogP contribution in [0.25, 0.3) is 0 Å². The van der Waals surface area contributed by atoms with Gasteiger partial charge in [0.25, 0.3) is 0 Å². The number of nitrogens with one attached hydrogen (secondary N) is 1. The first-order valence-corrected chi connectivity index (χ1v) is 6.24. The third-order valence-corrected chi connectivity index (χ3v) is 2.52. The second-order valence-corrected chi connectivity index (χ2v) is 4.43. The van der Waals surface area contributed by atoms with Crippen LogP contribution in [0.2, 0.25) is 0 Å². The van der Waals surface area contributed by atoms with E-state index in [0.717, 1.165) is 19.6 Å². The van der Waals surface area contributed by atoms with Crippen LogP contribution in [0.15, 0.2) is 6.33 Å². The fraction of sp³-hybridized carbons (Fsp3) is 0.667. The molecule has 0 aliphatic rings. The third kappa shape index (κ3) is 4.37. The van der Waals surface area contributed by atoms with Crippen LogP contribution in [0.1, 0.15) is 20.8 Å². The fourth-order valence-corrected chi connectivity index (χ4v) is 1.36. The Morgan fingerprint density at radius 2 is 2.17 bits per heavy atom. The lowest BCUT2D eigenvalue weighted by molar-refractivity contribution is 0.234. The molecular weight excluding hydrogens is 230 g/mol. The number of nitrogen functional groups attached to an aromatic ring is 1. The molecule has 0 saturated heterocycles. The molecule has 18 heavy (non-hydrogen) atoms. The van der Waals surface area contributed by atoms with E-state index >= 15 is 0 Å². The summed E-state index contributed by atoms with van der Waals surface area (Å²) in [4.78, 5) is 10.4. The topological polar surface area (TPSA) is 76.3 Å². The number of hydrogen-bond donors (Lipinski definition) is 2. The van der Waals surface area contributed by atoms with Crippen molar-refractivity contribution in [3.05, 3.63) is 6.33 Å². The van der Waals surface area contributed by atoms with E-state index in [1.54, 1.807) is 0 Å². The Balaban J connectivity index is 2.60. The minimum atomic E-state index is 0.0428. The number of aromatic nitrogens is 2. The molecule has 0 unspecified atom stereocenters. The van der Waals surface area contributed by atoms with E-state index < -0.39 is 0 Å². The Morgan fingerprint density at radius 3 is 2.78 bits per heavy atom. The molecule has 1 rings (SSSR count). The summed E-state index contributed by atoms with van der Waals surface area (Å²) in [5.41, 5.74) is 6.42. The predicted molar refractivity (Wildman–Crippen MR) is 73.9 cm³/mol. The van der Waals surface area contributed by atoms with E-state index in [1.807, 2.05) is 13.8 Å². The minimum absolute atomic E-state index is 0.0428. The zero-order valence-electron chi connectivity index (χ0n) is 11.6. The zero-order valence-corrected chi connectivity index (χ0v) is 11.6. The van der Waals surface area contributed by atoms with Crippen LogP contribution < -0.4 is 15.8 Å². The summed E-state index contributed by atoms with van der Waals surface area (Å²) >= 11 is 0. The van der Waals surface area contributed by atoms with Crippen molar-refractivity contribution in [2.45, 2.75) is 26.9 Å². The number of nitrogens with two attached hydrogens (primary N) is 1. The van der Waals surface area contributed by atoms with Crippen LogP contribution >= 0.6 is 0 Å². The highest BCUT2D eigenvalue weighted by Crippen LogP contribution is 2.24. The van der Waals surface area contributed by atoms with E-state index in [2.05, 4.69) is 34.2 Å². The Morgan fingerprint density at radius 1 is 1.44 bits per heavy atom. The summed E-state index contributed by atoms with van der Waals surface area (Å²) in [7, 11) is 2.07. The average molecular weight is 253 g/mol. The first-order chi connectivity index (χ1) is 8.54. The molecule has 0 atom stereocenters. The molecule has 0 fully saturated rings. The number of rotatable bonds is 7. The molecule has 0 saturated carbocycles. The van der Waals surface area contributed by atoms with Crippen molar-refractivity contribution in [3.8, 4) is 5.88 Å². The molecule has 1 aromatic heterocycles. The lowest BCUT2D eigenvalue weighted by Gasteiger charge is -2.16. The lowest BCUT2D eigenvalue weighted by Crippen LogP contribution is -2.25.